The van der Waals surface area contributed by atoms with Crippen LogP contribution in [0, 0.1) is 0 Å². The average molecular weight is 710 g/mol. The van der Waals surface area contributed by atoms with E-state index in [0.29, 0.717) is 0 Å². The van der Waals surface area contributed by atoms with Crippen molar-refractivity contribution in [2.24, 2.45) is 0 Å². The van der Waals surface area contributed by atoms with E-state index >= 15 is 0 Å². The Morgan fingerprint density at radius 2 is 0.630 bits per heavy atom. The van der Waals surface area contributed by atoms with Crippen molar-refractivity contribution >= 4 is 118 Å². The predicted molar refractivity (Wildman–Crippen MR) is 206 cm³/mol. The van der Waals surface area contributed by atoms with Crippen LogP contribution in [0.25, 0.3) is 108 Å². The summed E-state index contributed by atoms with van der Waals surface area (Å²) < 4.78 is 2.28. The van der Waals surface area contributed by atoms with Crippen molar-refractivity contribution in [3.63, 3.8) is 0 Å². The van der Waals surface area contributed by atoms with E-state index in [1.54, 1.807) is 0 Å². The molecule has 0 unspecified atom stereocenters. The molecule has 0 heterocycles. The molecule has 11 aromatic carbocycles. The third kappa shape index (κ3) is 3.05. The maximum absolute atomic E-state index is 4.07. The summed E-state index contributed by atoms with van der Waals surface area (Å²) >= 11 is 8.14. The molecule has 11 aromatic rings. The van der Waals surface area contributed by atoms with Crippen LogP contribution in [0.15, 0.2) is 142 Å². The lowest BCUT2D eigenvalue weighted by Gasteiger charge is -2.25. The van der Waals surface area contributed by atoms with Crippen LogP contribution in [0.5, 0.6) is 0 Å². The third-order valence-corrected chi connectivity index (χ3v) is 11.7. The first kappa shape index (κ1) is 25.4. The second-order valence-electron chi connectivity index (χ2n) is 12.6. The van der Waals surface area contributed by atoms with Gasteiger partial charge < -0.3 is 0 Å². The number of halogens is 2. The fourth-order valence-corrected chi connectivity index (χ4v) is 9.79. The van der Waals surface area contributed by atoms with E-state index in [1.165, 1.54) is 108 Å². The van der Waals surface area contributed by atoms with Crippen molar-refractivity contribution in [3.8, 4) is 22.3 Å². The average Bonchev–Trinajstić information content (AvgIpc) is 3.11. The minimum Gasteiger partial charge on any atom is -0.0622 e. The molecule has 46 heavy (non-hydrogen) atoms. The van der Waals surface area contributed by atoms with Crippen LogP contribution in [0.2, 0.25) is 0 Å². The van der Waals surface area contributed by atoms with Crippen molar-refractivity contribution < 1.29 is 0 Å². The number of fused-ring (bicyclic) bond motifs is 6. The van der Waals surface area contributed by atoms with Crippen LogP contribution in [-0.2, 0) is 0 Å². The first-order valence-corrected chi connectivity index (χ1v) is 17.2. The van der Waals surface area contributed by atoms with Gasteiger partial charge in [0.25, 0.3) is 0 Å². The van der Waals surface area contributed by atoms with E-state index in [4.69, 9.17) is 0 Å². The number of hydrogen-bond donors (Lipinski definition) is 0. The largest absolute Gasteiger partial charge is 0.0622 e. The van der Waals surface area contributed by atoms with Crippen LogP contribution in [0.4, 0.5) is 0 Å². The Bertz CT molecular complexity index is 2800. The van der Waals surface area contributed by atoms with Crippen molar-refractivity contribution in [2.75, 3.05) is 0 Å². The van der Waals surface area contributed by atoms with E-state index in [9.17, 15) is 0 Å². The number of benzene rings is 11. The maximum Gasteiger partial charge on any atom is 0.0260 e. The molecule has 0 saturated carbocycles. The van der Waals surface area contributed by atoms with Crippen molar-refractivity contribution in [1.29, 1.82) is 0 Å². The lowest BCUT2D eigenvalue weighted by atomic mass is 9.78. The van der Waals surface area contributed by atoms with E-state index in [1.807, 2.05) is 0 Å². The molecule has 0 aliphatic carbocycles. The fraction of sp³-hybridized carbons (Fsp3) is 0. The molecule has 11 rings (SSSR count). The maximum atomic E-state index is 4.07. The van der Waals surface area contributed by atoms with Gasteiger partial charge in [0.1, 0.15) is 0 Å². The standard InChI is InChI=1S/C44H22Br2/c45-35-21-33-27-15-7-13-25(23-9-3-1-4-10-23)37(27)31-19-17-29-36(46)22-34-28-16-8-14-26(24-11-5-2-6-12-24)38(28)32-20-18-30(35)40-42(32)44(34)39(29)41(31)43(33)40/h1-22H. The van der Waals surface area contributed by atoms with Crippen LogP contribution in [0.1, 0.15) is 0 Å². The summed E-state index contributed by atoms with van der Waals surface area (Å²) in [7, 11) is 0. The zero-order valence-electron chi connectivity index (χ0n) is 24.5. The highest BCUT2D eigenvalue weighted by Crippen LogP contribution is 2.56. The molecule has 0 spiro atoms. The first-order chi connectivity index (χ1) is 22.7. The Morgan fingerprint density at radius 3 is 1.07 bits per heavy atom. The molecule has 0 fully saturated rings. The van der Waals surface area contributed by atoms with E-state index in [0.717, 1.165) is 8.95 Å². The molecular formula is C44H22Br2. The molecular weight excluding hydrogens is 688 g/mol. The molecule has 2 heteroatoms. The molecule has 212 valence electrons. The van der Waals surface area contributed by atoms with Gasteiger partial charge >= 0.3 is 0 Å². The third-order valence-electron chi connectivity index (χ3n) is 10.4. The van der Waals surface area contributed by atoms with Gasteiger partial charge in [0.2, 0.25) is 0 Å². The summed E-state index contributed by atoms with van der Waals surface area (Å²) in [4.78, 5) is 0. The Kier molecular flexibility index (Phi) is 4.94. The normalized spacial score (nSPS) is 12.6. The van der Waals surface area contributed by atoms with E-state index in [2.05, 4.69) is 165 Å². The summed E-state index contributed by atoms with van der Waals surface area (Å²) in [5.74, 6) is 0. The summed E-state index contributed by atoms with van der Waals surface area (Å²) in [6.07, 6.45) is 0. The van der Waals surface area contributed by atoms with Gasteiger partial charge in [0.15, 0.2) is 0 Å². The Hall–Kier alpha value is -4.76. The van der Waals surface area contributed by atoms with Gasteiger partial charge in [-0.25, -0.2) is 0 Å². The highest BCUT2D eigenvalue weighted by molar-refractivity contribution is 9.11. The molecule has 0 amide bonds. The van der Waals surface area contributed by atoms with E-state index in [-0.39, 0.29) is 0 Å². The lowest BCUT2D eigenvalue weighted by molar-refractivity contribution is 1.66. The number of hydrogen-bond acceptors (Lipinski definition) is 0. The molecule has 0 atom stereocenters. The Labute approximate surface area is 281 Å². The molecule has 0 bridgehead atoms. The van der Waals surface area contributed by atoms with Gasteiger partial charge in [-0.3, -0.25) is 0 Å². The van der Waals surface area contributed by atoms with Gasteiger partial charge in [0.05, 0.1) is 0 Å². The van der Waals surface area contributed by atoms with Crippen molar-refractivity contribution in [1.82, 2.24) is 0 Å². The summed E-state index contributed by atoms with van der Waals surface area (Å²) in [6, 6.07) is 49.5. The second kappa shape index (κ2) is 8.94. The highest BCUT2D eigenvalue weighted by atomic mass is 79.9. The smallest absolute Gasteiger partial charge is 0.0260 e. The predicted octanol–water partition coefficient (Wildman–Crippen LogP) is 14.1. The van der Waals surface area contributed by atoms with Crippen LogP contribution >= 0.6 is 31.9 Å². The zero-order chi connectivity index (χ0) is 30.3. The monoisotopic (exact) mass is 708 g/mol. The van der Waals surface area contributed by atoms with Crippen LogP contribution < -0.4 is 0 Å². The van der Waals surface area contributed by atoms with Crippen molar-refractivity contribution in [2.45, 2.75) is 0 Å². The molecule has 0 saturated heterocycles. The fourth-order valence-electron chi connectivity index (χ4n) is 8.68. The lowest BCUT2D eigenvalue weighted by Crippen LogP contribution is -1.97. The van der Waals surface area contributed by atoms with Gasteiger partial charge in [-0.2, -0.15) is 0 Å². The van der Waals surface area contributed by atoms with E-state index < -0.39 is 0 Å². The highest BCUT2D eigenvalue weighted by Gasteiger charge is 2.27. The van der Waals surface area contributed by atoms with Gasteiger partial charge in [0, 0.05) is 8.95 Å². The summed E-state index contributed by atoms with van der Waals surface area (Å²) in [5.41, 5.74) is 5.04. The van der Waals surface area contributed by atoms with Crippen molar-refractivity contribution in [3.05, 3.63) is 142 Å². The first-order valence-electron chi connectivity index (χ1n) is 15.7. The van der Waals surface area contributed by atoms with Gasteiger partial charge in [-0.05, 0) is 121 Å². The van der Waals surface area contributed by atoms with Crippen LogP contribution in [0.3, 0.4) is 0 Å². The molecule has 0 aromatic heterocycles. The van der Waals surface area contributed by atoms with Crippen LogP contribution in [-0.4, -0.2) is 0 Å². The Balaban J connectivity index is 1.50. The topological polar surface area (TPSA) is 0 Å². The SMILES string of the molecule is Brc1cc2c3cccc(-c4ccccc4)c3c3ccc4c(Br)cc5c6cccc(-c7ccccc7)c6c6ccc1c1c2c3c4c5c61. The minimum atomic E-state index is 1.14. The molecule has 0 nitrogen and oxygen atoms in total. The summed E-state index contributed by atoms with van der Waals surface area (Å²) in [5, 5.41) is 21.2. The second-order valence-corrected chi connectivity index (χ2v) is 14.3. The Morgan fingerprint density at radius 1 is 0.261 bits per heavy atom. The molecule has 0 N–H and O–H groups in total. The molecule has 0 radical (unpaired) electrons. The van der Waals surface area contributed by atoms with Gasteiger partial charge in [-0.1, -0.05) is 153 Å². The zero-order valence-corrected chi connectivity index (χ0v) is 27.6. The molecule has 0 aliphatic heterocycles. The quantitative estimate of drug-likeness (QED) is 0.124. The molecule has 0 aliphatic rings. The van der Waals surface area contributed by atoms with Gasteiger partial charge in [-0.15, -0.1) is 0 Å². The number of rotatable bonds is 2. The minimum absolute atomic E-state index is 1.14. The summed E-state index contributed by atoms with van der Waals surface area (Å²) in [6.45, 7) is 0.